The Morgan fingerprint density at radius 1 is 1.37 bits per heavy atom. The molecule has 0 heterocycles. The van der Waals surface area contributed by atoms with Crippen molar-refractivity contribution in [2.75, 3.05) is 5.33 Å². The van der Waals surface area contributed by atoms with Crippen LogP contribution in [-0.2, 0) is 4.74 Å². The molecule has 0 radical (unpaired) electrons. The Kier molecular flexibility index (Phi) is 5.02. The van der Waals surface area contributed by atoms with Gasteiger partial charge in [0.25, 0.3) is 0 Å². The second-order valence-corrected chi connectivity index (χ2v) is 6.85. The molecular formula is C16H22BrFO. The Labute approximate surface area is 123 Å². The van der Waals surface area contributed by atoms with Crippen LogP contribution in [0.1, 0.15) is 51.2 Å². The predicted molar refractivity (Wildman–Crippen MR) is 80.1 cm³/mol. The molecule has 19 heavy (non-hydrogen) atoms. The average Bonchev–Trinajstić information content (AvgIpc) is 2.37. The Hall–Kier alpha value is -0.410. The van der Waals surface area contributed by atoms with Crippen molar-refractivity contribution in [1.82, 2.24) is 0 Å². The quantitative estimate of drug-likeness (QED) is 0.686. The summed E-state index contributed by atoms with van der Waals surface area (Å²) in [6.07, 6.45) is 4.87. The maximum absolute atomic E-state index is 13.3. The van der Waals surface area contributed by atoms with Crippen LogP contribution in [0.3, 0.4) is 0 Å². The molecule has 1 nitrogen and oxygen atoms in total. The van der Waals surface area contributed by atoms with Gasteiger partial charge in [0.15, 0.2) is 0 Å². The fourth-order valence-electron chi connectivity index (χ4n) is 2.65. The summed E-state index contributed by atoms with van der Waals surface area (Å²) in [5.74, 6) is -0.197. The summed E-state index contributed by atoms with van der Waals surface area (Å²) in [6.45, 7) is 4.63. The van der Waals surface area contributed by atoms with Gasteiger partial charge in [-0.05, 0) is 48.8 Å². The van der Waals surface area contributed by atoms with Crippen LogP contribution in [-0.4, -0.2) is 11.4 Å². The largest absolute Gasteiger partial charge is 0.369 e. The molecule has 0 bridgehead atoms. The molecule has 2 rings (SSSR count). The van der Waals surface area contributed by atoms with Gasteiger partial charge in [-0.15, -0.1) is 0 Å². The van der Waals surface area contributed by atoms with Crippen molar-refractivity contribution < 1.29 is 9.13 Å². The van der Waals surface area contributed by atoms with E-state index in [0.717, 1.165) is 18.4 Å². The lowest BCUT2D eigenvalue weighted by molar-refractivity contribution is -0.0365. The van der Waals surface area contributed by atoms with E-state index in [2.05, 4.69) is 29.8 Å². The van der Waals surface area contributed by atoms with Crippen LogP contribution in [0.15, 0.2) is 24.3 Å². The van der Waals surface area contributed by atoms with Crippen LogP contribution < -0.4 is 0 Å². The topological polar surface area (TPSA) is 9.23 Å². The summed E-state index contributed by atoms with van der Waals surface area (Å²) in [5, 5.41) is 0.705. The van der Waals surface area contributed by atoms with E-state index >= 15 is 0 Å². The summed E-state index contributed by atoms with van der Waals surface area (Å²) in [7, 11) is 0. The van der Waals surface area contributed by atoms with Crippen molar-refractivity contribution in [3.63, 3.8) is 0 Å². The van der Waals surface area contributed by atoms with Crippen LogP contribution in [0.4, 0.5) is 4.39 Å². The molecule has 0 amide bonds. The Balaban J connectivity index is 1.97. The molecule has 1 atom stereocenters. The van der Waals surface area contributed by atoms with Crippen LogP contribution in [0.5, 0.6) is 0 Å². The second-order valence-electron chi connectivity index (χ2n) is 6.20. The molecule has 0 aromatic heterocycles. The molecule has 0 aliphatic heterocycles. The van der Waals surface area contributed by atoms with E-state index in [-0.39, 0.29) is 11.9 Å². The molecule has 1 fully saturated rings. The summed E-state index contributed by atoms with van der Waals surface area (Å²) < 4.78 is 19.4. The lowest BCUT2D eigenvalue weighted by Crippen LogP contribution is -2.28. The normalized spacial score (nSPS) is 21.3. The highest BCUT2D eigenvalue weighted by Crippen LogP contribution is 2.38. The first-order chi connectivity index (χ1) is 9.00. The van der Waals surface area contributed by atoms with Crippen molar-refractivity contribution in [3.05, 3.63) is 35.6 Å². The maximum Gasteiger partial charge on any atom is 0.123 e. The van der Waals surface area contributed by atoms with Gasteiger partial charge in [0.1, 0.15) is 5.82 Å². The zero-order chi connectivity index (χ0) is 13.9. The zero-order valence-corrected chi connectivity index (χ0v) is 13.2. The first-order valence-corrected chi connectivity index (χ1v) is 8.09. The van der Waals surface area contributed by atoms with Gasteiger partial charge in [0, 0.05) is 5.33 Å². The van der Waals surface area contributed by atoms with E-state index in [9.17, 15) is 4.39 Å². The third-order valence-corrected chi connectivity index (χ3v) is 4.59. The van der Waals surface area contributed by atoms with Gasteiger partial charge in [0.2, 0.25) is 0 Å². The van der Waals surface area contributed by atoms with Crippen LogP contribution in [0.25, 0.3) is 0 Å². The third-order valence-electron chi connectivity index (χ3n) is 4.00. The number of benzene rings is 1. The lowest BCUT2D eigenvalue weighted by atomic mass is 9.76. The van der Waals surface area contributed by atoms with Crippen LogP contribution in [0, 0.1) is 11.2 Å². The van der Waals surface area contributed by atoms with E-state index in [1.807, 2.05) is 6.07 Å². The highest BCUT2D eigenvalue weighted by molar-refractivity contribution is 9.09. The van der Waals surface area contributed by atoms with Crippen molar-refractivity contribution in [2.45, 2.75) is 51.7 Å². The minimum atomic E-state index is -0.197. The van der Waals surface area contributed by atoms with Gasteiger partial charge in [-0.3, -0.25) is 0 Å². The van der Waals surface area contributed by atoms with E-state index in [1.165, 1.54) is 18.9 Å². The van der Waals surface area contributed by atoms with E-state index < -0.39 is 0 Å². The standard InChI is InChI=1S/C16H22BrFO/c1-16(2)8-6-14(7-9-16)19-15(11-17)12-4-3-5-13(18)10-12/h3-5,10,14-15H,6-9,11H2,1-2H3. The molecule has 1 aliphatic rings. The smallest absolute Gasteiger partial charge is 0.123 e. The van der Waals surface area contributed by atoms with Gasteiger partial charge < -0.3 is 4.74 Å². The molecule has 0 saturated heterocycles. The summed E-state index contributed by atoms with van der Waals surface area (Å²) in [5.41, 5.74) is 1.37. The Morgan fingerprint density at radius 3 is 2.63 bits per heavy atom. The highest BCUT2D eigenvalue weighted by atomic mass is 79.9. The fraction of sp³-hybridized carbons (Fsp3) is 0.625. The van der Waals surface area contributed by atoms with Gasteiger partial charge in [0.05, 0.1) is 12.2 Å². The molecule has 1 aromatic rings. The number of halogens is 2. The summed E-state index contributed by atoms with van der Waals surface area (Å²) in [6, 6.07) is 6.71. The molecule has 1 aliphatic carbocycles. The number of rotatable bonds is 4. The van der Waals surface area contributed by atoms with Gasteiger partial charge in [-0.1, -0.05) is 41.9 Å². The molecule has 1 unspecified atom stereocenters. The van der Waals surface area contributed by atoms with Gasteiger partial charge in [-0.2, -0.15) is 0 Å². The number of hydrogen-bond donors (Lipinski definition) is 0. The average molecular weight is 329 g/mol. The molecule has 1 aromatic carbocycles. The van der Waals surface area contributed by atoms with Crippen molar-refractivity contribution in [3.8, 4) is 0 Å². The van der Waals surface area contributed by atoms with E-state index in [0.29, 0.717) is 16.8 Å². The first kappa shape index (κ1) is 15.0. The third kappa shape index (κ3) is 4.28. The molecule has 3 heteroatoms. The molecular weight excluding hydrogens is 307 g/mol. The summed E-state index contributed by atoms with van der Waals surface area (Å²) >= 11 is 3.48. The van der Waals surface area contributed by atoms with Gasteiger partial charge in [-0.25, -0.2) is 4.39 Å². The second kappa shape index (κ2) is 6.36. The molecule has 106 valence electrons. The maximum atomic E-state index is 13.3. The SMILES string of the molecule is CC1(C)CCC(OC(CBr)c2cccc(F)c2)CC1. The predicted octanol–water partition coefficient (Wildman–Crippen LogP) is 5.25. The Bertz CT molecular complexity index is 409. The Morgan fingerprint density at radius 2 is 2.05 bits per heavy atom. The zero-order valence-electron chi connectivity index (χ0n) is 11.7. The summed E-state index contributed by atoms with van der Waals surface area (Å²) in [4.78, 5) is 0. The highest BCUT2D eigenvalue weighted by Gasteiger charge is 2.29. The van der Waals surface area contributed by atoms with Gasteiger partial charge >= 0.3 is 0 Å². The number of alkyl halides is 1. The molecule has 1 saturated carbocycles. The van der Waals surface area contributed by atoms with E-state index in [4.69, 9.17) is 4.74 Å². The van der Waals surface area contributed by atoms with Crippen molar-refractivity contribution in [2.24, 2.45) is 5.41 Å². The molecule has 0 spiro atoms. The van der Waals surface area contributed by atoms with Crippen molar-refractivity contribution in [1.29, 1.82) is 0 Å². The molecule has 0 N–H and O–H groups in total. The minimum absolute atomic E-state index is 0.0538. The number of hydrogen-bond acceptors (Lipinski definition) is 1. The monoisotopic (exact) mass is 328 g/mol. The van der Waals surface area contributed by atoms with Crippen LogP contribution in [0.2, 0.25) is 0 Å². The lowest BCUT2D eigenvalue weighted by Gasteiger charge is -2.35. The van der Waals surface area contributed by atoms with E-state index in [1.54, 1.807) is 12.1 Å². The van der Waals surface area contributed by atoms with Crippen molar-refractivity contribution >= 4 is 15.9 Å². The minimum Gasteiger partial charge on any atom is -0.369 e. The number of ether oxygens (including phenoxy) is 1. The fourth-order valence-corrected chi connectivity index (χ4v) is 3.18. The van der Waals surface area contributed by atoms with Crippen LogP contribution >= 0.6 is 15.9 Å². The first-order valence-electron chi connectivity index (χ1n) is 6.97.